The van der Waals surface area contributed by atoms with Crippen LogP contribution in [0.15, 0.2) is 54.9 Å². The van der Waals surface area contributed by atoms with E-state index < -0.39 is 0 Å². The van der Waals surface area contributed by atoms with Crippen LogP contribution in [0.2, 0.25) is 0 Å². The molecule has 0 saturated carbocycles. The molecule has 0 bridgehead atoms. The SMILES string of the molecule is COc1cccc2c1ccn2Cc1ccccn1. The monoisotopic (exact) mass is 238 g/mol. The summed E-state index contributed by atoms with van der Waals surface area (Å²) in [4.78, 5) is 4.35. The minimum absolute atomic E-state index is 0.775. The van der Waals surface area contributed by atoms with Crippen molar-refractivity contribution in [2.24, 2.45) is 0 Å². The number of benzene rings is 1. The van der Waals surface area contributed by atoms with Crippen LogP contribution in [0.3, 0.4) is 0 Å². The predicted molar refractivity (Wildman–Crippen MR) is 71.8 cm³/mol. The van der Waals surface area contributed by atoms with Crippen molar-refractivity contribution in [1.82, 2.24) is 9.55 Å². The van der Waals surface area contributed by atoms with Gasteiger partial charge in [0.2, 0.25) is 0 Å². The van der Waals surface area contributed by atoms with E-state index in [0.717, 1.165) is 23.4 Å². The smallest absolute Gasteiger partial charge is 0.128 e. The normalized spacial score (nSPS) is 10.7. The molecular weight excluding hydrogens is 224 g/mol. The number of pyridine rings is 1. The van der Waals surface area contributed by atoms with Crippen LogP contribution in [-0.4, -0.2) is 16.7 Å². The maximum atomic E-state index is 5.36. The third-order valence-electron chi connectivity index (χ3n) is 3.05. The van der Waals surface area contributed by atoms with E-state index >= 15 is 0 Å². The summed E-state index contributed by atoms with van der Waals surface area (Å²) in [6.07, 6.45) is 3.89. The van der Waals surface area contributed by atoms with Crippen LogP contribution >= 0.6 is 0 Å². The highest BCUT2D eigenvalue weighted by Crippen LogP contribution is 2.26. The Hall–Kier alpha value is -2.29. The molecule has 3 rings (SSSR count). The summed E-state index contributed by atoms with van der Waals surface area (Å²) in [6, 6.07) is 14.1. The predicted octanol–water partition coefficient (Wildman–Crippen LogP) is 3.09. The Morgan fingerprint density at radius 2 is 2.06 bits per heavy atom. The topological polar surface area (TPSA) is 27.1 Å². The lowest BCUT2D eigenvalue weighted by atomic mass is 10.2. The summed E-state index contributed by atoms with van der Waals surface area (Å²) in [6.45, 7) is 0.775. The summed E-state index contributed by atoms with van der Waals surface area (Å²) in [7, 11) is 1.70. The molecule has 0 radical (unpaired) electrons. The van der Waals surface area contributed by atoms with E-state index in [-0.39, 0.29) is 0 Å². The molecule has 90 valence electrons. The number of ether oxygens (including phenoxy) is 1. The number of fused-ring (bicyclic) bond motifs is 1. The van der Waals surface area contributed by atoms with Crippen molar-refractivity contribution in [3.8, 4) is 5.75 Å². The second-order valence-electron chi connectivity index (χ2n) is 4.16. The van der Waals surface area contributed by atoms with Gasteiger partial charge < -0.3 is 9.30 Å². The molecule has 0 fully saturated rings. The molecule has 0 atom stereocenters. The van der Waals surface area contributed by atoms with Crippen LogP contribution in [0.5, 0.6) is 5.75 Å². The summed E-state index contributed by atoms with van der Waals surface area (Å²) >= 11 is 0. The molecule has 0 aliphatic heterocycles. The van der Waals surface area contributed by atoms with E-state index in [1.807, 2.05) is 36.5 Å². The van der Waals surface area contributed by atoms with Crippen molar-refractivity contribution in [1.29, 1.82) is 0 Å². The van der Waals surface area contributed by atoms with Gasteiger partial charge in [-0.25, -0.2) is 0 Å². The van der Waals surface area contributed by atoms with E-state index in [2.05, 4.69) is 27.9 Å². The molecule has 0 saturated heterocycles. The van der Waals surface area contributed by atoms with E-state index in [1.165, 1.54) is 5.52 Å². The fourth-order valence-corrected chi connectivity index (χ4v) is 2.18. The molecule has 0 N–H and O–H groups in total. The van der Waals surface area contributed by atoms with Crippen molar-refractivity contribution < 1.29 is 4.74 Å². The average Bonchev–Trinajstić information content (AvgIpc) is 2.83. The summed E-state index contributed by atoms with van der Waals surface area (Å²) < 4.78 is 7.54. The zero-order valence-electron chi connectivity index (χ0n) is 10.2. The fourth-order valence-electron chi connectivity index (χ4n) is 2.18. The van der Waals surface area contributed by atoms with Gasteiger partial charge >= 0.3 is 0 Å². The molecule has 3 heteroatoms. The zero-order chi connectivity index (χ0) is 12.4. The van der Waals surface area contributed by atoms with Crippen LogP contribution in [-0.2, 0) is 6.54 Å². The highest BCUT2D eigenvalue weighted by Gasteiger charge is 2.06. The first-order valence-corrected chi connectivity index (χ1v) is 5.90. The van der Waals surface area contributed by atoms with Crippen LogP contribution in [0.25, 0.3) is 10.9 Å². The Balaban J connectivity index is 2.03. The maximum absolute atomic E-state index is 5.36. The Bertz CT molecular complexity index is 659. The number of methoxy groups -OCH3 is 1. The lowest BCUT2D eigenvalue weighted by Gasteiger charge is -2.06. The summed E-state index contributed by atoms with van der Waals surface area (Å²) in [5.41, 5.74) is 2.22. The van der Waals surface area contributed by atoms with Gasteiger partial charge in [-0.15, -0.1) is 0 Å². The fraction of sp³-hybridized carbons (Fsp3) is 0.133. The molecule has 0 aliphatic carbocycles. The van der Waals surface area contributed by atoms with Crippen molar-refractivity contribution >= 4 is 10.9 Å². The van der Waals surface area contributed by atoms with Gasteiger partial charge in [-0.1, -0.05) is 12.1 Å². The molecule has 2 aromatic heterocycles. The molecule has 0 amide bonds. The second-order valence-corrected chi connectivity index (χ2v) is 4.16. The van der Waals surface area contributed by atoms with Crippen LogP contribution in [0, 0.1) is 0 Å². The van der Waals surface area contributed by atoms with E-state index in [1.54, 1.807) is 7.11 Å². The molecule has 0 aliphatic rings. The minimum atomic E-state index is 0.775. The molecule has 1 aromatic carbocycles. The van der Waals surface area contributed by atoms with Crippen molar-refractivity contribution in [2.75, 3.05) is 7.11 Å². The first kappa shape index (κ1) is 10.8. The summed E-state index contributed by atoms with van der Waals surface area (Å²) in [5.74, 6) is 0.910. The first-order valence-electron chi connectivity index (χ1n) is 5.90. The first-order chi connectivity index (χ1) is 8.88. The van der Waals surface area contributed by atoms with Gasteiger partial charge in [0.15, 0.2) is 0 Å². The van der Waals surface area contributed by atoms with Gasteiger partial charge in [-0.2, -0.15) is 0 Å². The number of nitrogens with zero attached hydrogens (tertiary/aromatic N) is 2. The van der Waals surface area contributed by atoms with Crippen LogP contribution in [0.4, 0.5) is 0 Å². The molecule has 0 unspecified atom stereocenters. The molecule has 0 spiro atoms. The Labute approximate surface area is 106 Å². The number of rotatable bonds is 3. The zero-order valence-corrected chi connectivity index (χ0v) is 10.2. The van der Waals surface area contributed by atoms with E-state index in [0.29, 0.717) is 0 Å². The number of aromatic nitrogens is 2. The van der Waals surface area contributed by atoms with Gasteiger partial charge in [0.05, 0.1) is 24.9 Å². The van der Waals surface area contributed by atoms with Gasteiger partial charge in [0.1, 0.15) is 5.75 Å². The van der Waals surface area contributed by atoms with Crippen molar-refractivity contribution in [3.63, 3.8) is 0 Å². The van der Waals surface area contributed by atoms with Crippen LogP contribution in [0.1, 0.15) is 5.69 Å². The molecule has 18 heavy (non-hydrogen) atoms. The van der Waals surface area contributed by atoms with Gasteiger partial charge in [0.25, 0.3) is 0 Å². The minimum Gasteiger partial charge on any atom is -0.496 e. The highest BCUT2D eigenvalue weighted by molar-refractivity contribution is 5.86. The van der Waals surface area contributed by atoms with Gasteiger partial charge in [-0.05, 0) is 30.3 Å². The third-order valence-corrected chi connectivity index (χ3v) is 3.05. The Kier molecular flexibility index (Phi) is 2.73. The van der Waals surface area contributed by atoms with Crippen LogP contribution < -0.4 is 4.74 Å². The van der Waals surface area contributed by atoms with Crippen molar-refractivity contribution in [2.45, 2.75) is 6.54 Å². The van der Waals surface area contributed by atoms with Gasteiger partial charge in [-0.3, -0.25) is 4.98 Å². The standard InChI is InChI=1S/C15H14N2O/c1-18-15-7-4-6-14-13(15)8-10-17(14)11-12-5-2-3-9-16-12/h2-10H,11H2,1H3. The maximum Gasteiger partial charge on any atom is 0.128 e. The van der Waals surface area contributed by atoms with E-state index in [4.69, 9.17) is 4.74 Å². The number of hydrogen-bond acceptors (Lipinski definition) is 2. The Morgan fingerprint density at radius 3 is 2.83 bits per heavy atom. The quantitative estimate of drug-likeness (QED) is 0.701. The lowest BCUT2D eigenvalue weighted by Crippen LogP contribution is -1.99. The summed E-state index contributed by atoms with van der Waals surface area (Å²) in [5, 5.41) is 1.14. The second kappa shape index (κ2) is 4.53. The Morgan fingerprint density at radius 1 is 1.11 bits per heavy atom. The largest absolute Gasteiger partial charge is 0.496 e. The molecular formula is C15H14N2O. The number of hydrogen-bond donors (Lipinski definition) is 0. The molecule has 3 aromatic rings. The van der Waals surface area contributed by atoms with Crippen molar-refractivity contribution in [3.05, 3.63) is 60.6 Å². The van der Waals surface area contributed by atoms with Gasteiger partial charge in [0, 0.05) is 17.8 Å². The van der Waals surface area contributed by atoms with E-state index in [9.17, 15) is 0 Å². The lowest BCUT2D eigenvalue weighted by molar-refractivity contribution is 0.420. The average molecular weight is 238 g/mol. The molecule has 3 nitrogen and oxygen atoms in total. The molecule has 2 heterocycles. The third kappa shape index (κ3) is 1.84. The highest BCUT2D eigenvalue weighted by atomic mass is 16.5.